The molecule has 0 atom stereocenters. The summed E-state index contributed by atoms with van der Waals surface area (Å²) in [5.41, 5.74) is 1.08. The molecule has 0 spiro atoms. The van der Waals surface area contributed by atoms with Crippen molar-refractivity contribution < 1.29 is 0 Å². The molecule has 2 aromatic heterocycles. The molecule has 0 fully saturated rings. The van der Waals surface area contributed by atoms with Crippen molar-refractivity contribution in [3.05, 3.63) is 33.8 Å². The minimum absolute atomic E-state index is 0.643. The highest BCUT2D eigenvalue weighted by atomic mass is 32.1. The fraction of sp³-hybridized carbons (Fsp3) is 0.462. The molecule has 2 heterocycles. The quantitative estimate of drug-likeness (QED) is 0.659. The van der Waals surface area contributed by atoms with Gasteiger partial charge in [0.25, 0.3) is 0 Å². The molecule has 0 aromatic carbocycles. The molecule has 0 bridgehead atoms. The molecular weight excluding hydrogens is 272 g/mol. The third-order valence-corrected chi connectivity index (χ3v) is 4.05. The highest BCUT2D eigenvalue weighted by molar-refractivity contribution is 7.11. The molecule has 6 nitrogen and oxygen atoms in total. The highest BCUT2D eigenvalue weighted by Gasteiger charge is 2.06. The van der Waals surface area contributed by atoms with Crippen molar-refractivity contribution in [2.75, 3.05) is 7.05 Å². The topological polar surface area (TPSA) is 67.1 Å². The minimum atomic E-state index is 0.643. The summed E-state index contributed by atoms with van der Waals surface area (Å²) >= 11 is 1.71. The maximum Gasteiger partial charge on any atom is 0.191 e. The van der Waals surface area contributed by atoms with Crippen LogP contribution in [0.4, 0.5) is 0 Å². The summed E-state index contributed by atoms with van der Waals surface area (Å²) in [6, 6.07) is 0. The van der Waals surface area contributed by atoms with E-state index in [1.54, 1.807) is 24.6 Å². The zero-order valence-electron chi connectivity index (χ0n) is 12.3. The van der Waals surface area contributed by atoms with Gasteiger partial charge in [0.1, 0.15) is 5.82 Å². The Bertz CT molecular complexity index is 598. The number of nitrogens with zero attached hydrogens (tertiary/aromatic N) is 4. The van der Waals surface area contributed by atoms with E-state index in [1.807, 2.05) is 31.7 Å². The van der Waals surface area contributed by atoms with Crippen LogP contribution in [0.2, 0.25) is 0 Å². The fourth-order valence-corrected chi connectivity index (χ4v) is 2.73. The number of thiazole rings is 1. The van der Waals surface area contributed by atoms with Crippen molar-refractivity contribution >= 4 is 17.3 Å². The van der Waals surface area contributed by atoms with Gasteiger partial charge in [0.05, 0.1) is 23.8 Å². The van der Waals surface area contributed by atoms with E-state index in [2.05, 4.69) is 25.6 Å². The van der Waals surface area contributed by atoms with Crippen LogP contribution < -0.4 is 10.6 Å². The van der Waals surface area contributed by atoms with Crippen LogP contribution in [0.15, 0.2) is 17.4 Å². The second-order valence-electron chi connectivity index (χ2n) is 4.48. The standard InChI is InChI=1S/C13H20N6S/c1-9-11(20-10(2)18-9)7-16-13(14-3)17-8-12-15-5-6-19(12)4/h5-6H,7-8H2,1-4H3,(H2,14,16,17). The number of aliphatic imine (C=N–C) groups is 1. The monoisotopic (exact) mass is 292 g/mol. The molecule has 108 valence electrons. The average Bonchev–Trinajstić information content (AvgIpc) is 2.96. The SMILES string of the molecule is CN=C(NCc1sc(C)nc1C)NCc1nccn1C. The summed E-state index contributed by atoms with van der Waals surface area (Å²) in [6.07, 6.45) is 3.72. The van der Waals surface area contributed by atoms with E-state index >= 15 is 0 Å². The molecule has 0 aliphatic rings. The van der Waals surface area contributed by atoms with Gasteiger partial charge in [0.15, 0.2) is 5.96 Å². The van der Waals surface area contributed by atoms with Crippen LogP contribution in [-0.4, -0.2) is 27.5 Å². The van der Waals surface area contributed by atoms with Crippen molar-refractivity contribution in [1.29, 1.82) is 0 Å². The molecule has 2 N–H and O–H groups in total. The first-order valence-electron chi connectivity index (χ1n) is 6.43. The van der Waals surface area contributed by atoms with Crippen LogP contribution in [0.1, 0.15) is 21.4 Å². The predicted molar refractivity (Wildman–Crippen MR) is 81.8 cm³/mol. The molecule has 20 heavy (non-hydrogen) atoms. The number of hydrogen-bond donors (Lipinski definition) is 2. The molecule has 0 aliphatic carbocycles. The molecule has 0 saturated heterocycles. The lowest BCUT2D eigenvalue weighted by Gasteiger charge is -2.11. The zero-order chi connectivity index (χ0) is 14.5. The summed E-state index contributed by atoms with van der Waals surface area (Å²) in [5.74, 6) is 1.73. The maximum absolute atomic E-state index is 4.42. The Hall–Kier alpha value is -1.89. The summed E-state index contributed by atoms with van der Waals surface area (Å²) < 4.78 is 1.98. The molecule has 7 heteroatoms. The number of aryl methyl sites for hydroxylation is 3. The lowest BCUT2D eigenvalue weighted by atomic mass is 10.4. The van der Waals surface area contributed by atoms with Gasteiger partial charge < -0.3 is 15.2 Å². The van der Waals surface area contributed by atoms with Crippen molar-refractivity contribution in [3.63, 3.8) is 0 Å². The molecule has 0 radical (unpaired) electrons. The van der Waals surface area contributed by atoms with Gasteiger partial charge >= 0.3 is 0 Å². The second kappa shape index (κ2) is 6.51. The molecule has 0 aliphatic heterocycles. The third-order valence-electron chi connectivity index (χ3n) is 2.97. The van der Waals surface area contributed by atoms with Crippen LogP contribution >= 0.6 is 11.3 Å². The number of rotatable bonds is 4. The molecule has 2 rings (SSSR count). The van der Waals surface area contributed by atoms with E-state index < -0.39 is 0 Å². The van der Waals surface area contributed by atoms with Gasteiger partial charge in [-0.2, -0.15) is 0 Å². The van der Waals surface area contributed by atoms with E-state index in [0.29, 0.717) is 6.54 Å². The molecular formula is C13H20N6S. The van der Waals surface area contributed by atoms with E-state index in [-0.39, 0.29) is 0 Å². The van der Waals surface area contributed by atoms with Crippen molar-refractivity contribution in [1.82, 2.24) is 25.2 Å². The summed E-state index contributed by atoms with van der Waals surface area (Å²) in [7, 11) is 3.74. The molecule has 0 amide bonds. The van der Waals surface area contributed by atoms with E-state index in [9.17, 15) is 0 Å². The summed E-state index contributed by atoms with van der Waals surface area (Å²) in [5, 5.41) is 7.64. The number of aromatic nitrogens is 3. The first kappa shape index (κ1) is 14.5. The van der Waals surface area contributed by atoms with Crippen molar-refractivity contribution in [3.8, 4) is 0 Å². The van der Waals surface area contributed by atoms with Crippen LogP contribution in [-0.2, 0) is 20.1 Å². The Labute approximate surface area is 123 Å². The Balaban J connectivity index is 1.87. The first-order chi connectivity index (χ1) is 9.60. The number of imidazole rings is 1. The number of guanidine groups is 1. The smallest absolute Gasteiger partial charge is 0.191 e. The average molecular weight is 292 g/mol. The Morgan fingerprint density at radius 3 is 2.65 bits per heavy atom. The molecule has 0 saturated carbocycles. The van der Waals surface area contributed by atoms with Gasteiger partial charge in [0.2, 0.25) is 0 Å². The van der Waals surface area contributed by atoms with Crippen LogP contribution in [0.25, 0.3) is 0 Å². The molecule has 0 unspecified atom stereocenters. The van der Waals surface area contributed by atoms with Gasteiger partial charge in [-0.1, -0.05) is 0 Å². The van der Waals surface area contributed by atoms with Crippen molar-refractivity contribution in [2.45, 2.75) is 26.9 Å². The van der Waals surface area contributed by atoms with E-state index in [0.717, 1.165) is 29.0 Å². The summed E-state index contributed by atoms with van der Waals surface area (Å²) in [4.78, 5) is 14.1. The first-order valence-corrected chi connectivity index (χ1v) is 7.25. The van der Waals surface area contributed by atoms with Gasteiger partial charge in [-0.15, -0.1) is 11.3 Å². The highest BCUT2D eigenvalue weighted by Crippen LogP contribution is 2.16. The van der Waals surface area contributed by atoms with Crippen LogP contribution in [0, 0.1) is 13.8 Å². The Morgan fingerprint density at radius 2 is 2.10 bits per heavy atom. The minimum Gasteiger partial charge on any atom is -0.351 e. The summed E-state index contributed by atoms with van der Waals surface area (Å²) in [6.45, 7) is 5.43. The Morgan fingerprint density at radius 1 is 1.35 bits per heavy atom. The van der Waals surface area contributed by atoms with Gasteiger partial charge in [-0.3, -0.25) is 4.99 Å². The third kappa shape index (κ3) is 3.57. The van der Waals surface area contributed by atoms with Gasteiger partial charge in [0, 0.05) is 31.4 Å². The van der Waals surface area contributed by atoms with Crippen molar-refractivity contribution in [2.24, 2.45) is 12.0 Å². The lowest BCUT2D eigenvalue weighted by molar-refractivity contribution is 0.728. The Kier molecular flexibility index (Phi) is 4.73. The molecule has 2 aromatic rings. The normalized spacial score (nSPS) is 11.7. The fourth-order valence-electron chi connectivity index (χ4n) is 1.85. The van der Waals surface area contributed by atoms with Crippen LogP contribution in [0.3, 0.4) is 0 Å². The predicted octanol–water partition coefficient (Wildman–Crippen LogP) is 1.36. The van der Waals surface area contributed by atoms with E-state index in [4.69, 9.17) is 0 Å². The number of hydrogen-bond acceptors (Lipinski definition) is 4. The van der Waals surface area contributed by atoms with Crippen LogP contribution in [0.5, 0.6) is 0 Å². The zero-order valence-corrected chi connectivity index (χ0v) is 13.1. The van der Waals surface area contributed by atoms with Gasteiger partial charge in [-0.05, 0) is 13.8 Å². The van der Waals surface area contributed by atoms with Gasteiger partial charge in [-0.25, -0.2) is 9.97 Å². The maximum atomic E-state index is 4.42. The second-order valence-corrected chi connectivity index (χ2v) is 5.76. The number of nitrogens with one attached hydrogen (secondary N) is 2. The largest absolute Gasteiger partial charge is 0.351 e. The van der Waals surface area contributed by atoms with E-state index in [1.165, 1.54) is 4.88 Å². The lowest BCUT2D eigenvalue weighted by Crippen LogP contribution is -2.36.